The molecule has 1 aromatic carbocycles. The van der Waals surface area contributed by atoms with Crippen LogP contribution in [0.2, 0.25) is 0 Å². The first-order valence-electron chi connectivity index (χ1n) is 6.53. The summed E-state index contributed by atoms with van der Waals surface area (Å²) in [6, 6.07) is 5.23. The summed E-state index contributed by atoms with van der Waals surface area (Å²) < 4.78 is 10.7. The quantitative estimate of drug-likeness (QED) is 0.850. The third-order valence-electron chi connectivity index (χ3n) is 3.02. The lowest BCUT2D eigenvalue weighted by Gasteiger charge is -2.13. The van der Waals surface area contributed by atoms with Gasteiger partial charge in [0.25, 0.3) is 5.91 Å². The van der Waals surface area contributed by atoms with Crippen molar-refractivity contribution in [3.05, 3.63) is 23.8 Å². The lowest BCUT2D eigenvalue weighted by Crippen LogP contribution is -2.26. The van der Waals surface area contributed by atoms with Crippen molar-refractivity contribution in [1.29, 1.82) is 0 Å². The summed E-state index contributed by atoms with van der Waals surface area (Å²) >= 11 is 0. The first kappa shape index (κ1) is 13.8. The molecule has 1 fully saturated rings. The summed E-state index contributed by atoms with van der Waals surface area (Å²) in [7, 11) is 0. The van der Waals surface area contributed by atoms with E-state index in [1.807, 2.05) is 6.92 Å². The standard InChI is InChI=1S/C14H19NO4/c1-2-18-12-6-5-11(8-10(12)9-16)15-14(17)13-4-3-7-19-13/h5-6,8,13,16H,2-4,7,9H2,1H3,(H,15,17)/t13-/m1/s1. The number of hydrogen-bond acceptors (Lipinski definition) is 4. The molecule has 0 spiro atoms. The Kier molecular flexibility index (Phi) is 4.76. The Morgan fingerprint density at radius 2 is 2.42 bits per heavy atom. The zero-order valence-electron chi connectivity index (χ0n) is 11.0. The Labute approximate surface area is 112 Å². The number of benzene rings is 1. The van der Waals surface area contributed by atoms with Crippen molar-refractivity contribution in [1.82, 2.24) is 0 Å². The largest absolute Gasteiger partial charge is 0.494 e. The third-order valence-corrected chi connectivity index (χ3v) is 3.02. The van der Waals surface area contributed by atoms with E-state index in [4.69, 9.17) is 9.47 Å². The molecule has 0 aromatic heterocycles. The van der Waals surface area contributed by atoms with E-state index in [1.165, 1.54) is 0 Å². The molecule has 5 heteroatoms. The molecule has 1 saturated heterocycles. The maximum Gasteiger partial charge on any atom is 0.253 e. The third kappa shape index (κ3) is 3.45. The number of carbonyl (C=O) groups is 1. The van der Waals surface area contributed by atoms with E-state index >= 15 is 0 Å². The van der Waals surface area contributed by atoms with Gasteiger partial charge in [0.05, 0.1) is 13.2 Å². The fourth-order valence-corrected chi connectivity index (χ4v) is 2.08. The summed E-state index contributed by atoms with van der Waals surface area (Å²) in [5, 5.41) is 12.1. The molecule has 1 amide bonds. The lowest BCUT2D eigenvalue weighted by molar-refractivity contribution is -0.124. The van der Waals surface area contributed by atoms with Crippen molar-refractivity contribution in [3.63, 3.8) is 0 Å². The lowest BCUT2D eigenvalue weighted by atomic mass is 10.1. The number of nitrogens with one attached hydrogen (secondary N) is 1. The van der Waals surface area contributed by atoms with Gasteiger partial charge < -0.3 is 19.9 Å². The van der Waals surface area contributed by atoms with Crippen molar-refractivity contribution in [2.75, 3.05) is 18.5 Å². The van der Waals surface area contributed by atoms with Crippen molar-refractivity contribution in [3.8, 4) is 5.75 Å². The Hall–Kier alpha value is -1.59. The van der Waals surface area contributed by atoms with Gasteiger partial charge in [-0.2, -0.15) is 0 Å². The summed E-state index contributed by atoms with van der Waals surface area (Å²) in [4.78, 5) is 11.9. The number of carbonyl (C=O) groups excluding carboxylic acids is 1. The summed E-state index contributed by atoms with van der Waals surface area (Å²) in [5.74, 6) is 0.505. The Balaban J connectivity index is 2.05. The summed E-state index contributed by atoms with van der Waals surface area (Å²) in [6.45, 7) is 2.94. The molecule has 1 aliphatic heterocycles. The number of hydrogen-bond donors (Lipinski definition) is 2. The van der Waals surface area contributed by atoms with Crippen molar-refractivity contribution >= 4 is 11.6 Å². The summed E-state index contributed by atoms with van der Waals surface area (Å²) in [5.41, 5.74) is 1.31. The molecule has 5 nitrogen and oxygen atoms in total. The molecule has 19 heavy (non-hydrogen) atoms. The van der Waals surface area contributed by atoms with Crippen LogP contribution in [0, 0.1) is 0 Å². The number of amides is 1. The van der Waals surface area contributed by atoms with Crippen LogP contribution in [0.15, 0.2) is 18.2 Å². The van der Waals surface area contributed by atoms with Gasteiger partial charge in [0.1, 0.15) is 11.9 Å². The van der Waals surface area contributed by atoms with Gasteiger partial charge in [-0.1, -0.05) is 0 Å². The van der Waals surface area contributed by atoms with E-state index in [-0.39, 0.29) is 18.6 Å². The molecule has 0 bridgehead atoms. The van der Waals surface area contributed by atoms with E-state index in [9.17, 15) is 9.90 Å². The van der Waals surface area contributed by atoms with Gasteiger partial charge in [-0.25, -0.2) is 0 Å². The predicted molar refractivity (Wildman–Crippen MR) is 71.1 cm³/mol. The van der Waals surface area contributed by atoms with Gasteiger partial charge in [0.15, 0.2) is 0 Å². The zero-order chi connectivity index (χ0) is 13.7. The maximum absolute atomic E-state index is 11.9. The van der Waals surface area contributed by atoms with Crippen LogP contribution in [0.5, 0.6) is 5.75 Å². The fourth-order valence-electron chi connectivity index (χ4n) is 2.08. The molecule has 0 unspecified atom stereocenters. The Morgan fingerprint density at radius 3 is 3.05 bits per heavy atom. The highest BCUT2D eigenvalue weighted by atomic mass is 16.5. The van der Waals surface area contributed by atoms with Gasteiger partial charge in [0, 0.05) is 17.9 Å². The number of rotatable bonds is 5. The average molecular weight is 265 g/mol. The second-order valence-electron chi connectivity index (χ2n) is 4.40. The minimum absolute atomic E-state index is 0.126. The van der Waals surface area contributed by atoms with Crippen LogP contribution in [-0.2, 0) is 16.1 Å². The zero-order valence-corrected chi connectivity index (χ0v) is 11.0. The van der Waals surface area contributed by atoms with Crippen LogP contribution >= 0.6 is 0 Å². The molecular weight excluding hydrogens is 246 g/mol. The molecule has 104 valence electrons. The molecule has 1 aromatic rings. The van der Waals surface area contributed by atoms with Crippen molar-refractivity contribution < 1.29 is 19.4 Å². The average Bonchev–Trinajstić information content (AvgIpc) is 2.94. The van der Waals surface area contributed by atoms with E-state index < -0.39 is 0 Å². The highest BCUT2D eigenvalue weighted by molar-refractivity contribution is 5.94. The van der Waals surface area contributed by atoms with Gasteiger partial charge in [-0.3, -0.25) is 4.79 Å². The normalized spacial score (nSPS) is 18.3. The SMILES string of the molecule is CCOc1ccc(NC(=O)[C@H]2CCCO2)cc1CO. The van der Waals surface area contributed by atoms with Crippen LogP contribution in [0.1, 0.15) is 25.3 Å². The molecule has 0 aliphatic carbocycles. The Bertz CT molecular complexity index is 441. The molecule has 2 rings (SSSR count). The number of aliphatic hydroxyl groups excluding tert-OH is 1. The minimum atomic E-state index is -0.357. The Morgan fingerprint density at radius 1 is 1.58 bits per heavy atom. The minimum Gasteiger partial charge on any atom is -0.494 e. The molecule has 0 radical (unpaired) electrons. The van der Waals surface area contributed by atoms with Gasteiger partial charge in [0.2, 0.25) is 0 Å². The van der Waals surface area contributed by atoms with Crippen molar-refractivity contribution in [2.45, 2.75) is 32.5 Å². The van der Waals surface area contributed by atoms with Crippen LogP contribution in [-0.4, -0.2) is 30.3 Å². The van der Waals surface area contributed by atoms with E-state index in [1.54, 1.807) is 18.2 Å². The second-order valence-corrected chi connectivity index (χ2v) is 4.40. The van der Waals surface area contributed by atoms with Crippen LogP contribution in [0.3, 0.4) is 0 Å². The van der Waals surface area contributed by atoms with Crippen LogP contribution in [0.4, 0.5) is 5.69 Å². The predicted octanol–water partition coefficient (Wildman–Crippen LogP) is 1.70. The van der Waals surface area contributed by atoms with Gasteiger partial charge in [-0.15, -0.1) is 0 Å². The highest BCUT2D eigenvalue weighted by Gasteiger charge is 2.23. The van der Waals surface area contributed by atoms with Crippen molar-refractivity contribution in [2.24, 2.45) is 0 Å². The van der Waals surface area contributed by atoms with E-state index in [0.29, 0.717) is 30.2 Å². The molecule has 1 heterocycles. The molecule has 1 aliphatic rings. The molecule has 2 N–H and O–H groups in total. The molecule has 0 saturated carbocycles. The summed E-state index contributed by atoms with van der Waals surface area (Å²) in [6.07, 6.45) is 1.32. The number of ether oxygens (including phenoxy) is 2. The highest BCUT2D eigenvalue weighted by Crippen LogP contribution is 2.24. The van der Waals surface area contributed by atoms with Gasteiger partial charge >= 0.3 is 0 Å². The van der Waals surface area contributed by atoms with E-state index in [0.717, 1.165) is 12.8 Å². The smallest absolute Gasteiger partial charge is 0.253 e. The molecule has 1 atom stereocenters. The van der Waals surface area contributed by atoms with Crippen LogP contribution < -0.4 is 10.1 Å². The second kappa shape index (κ2) is 6.54. The first-order valence-corrected chi connectivity index (χ1v) is 6.53. The first-order chi connectivity index (χ1) is 9.24. The number of aliphatic hydroxyl groups is 1. The van der Waals surface area contributed by atoms with E-state index in [2.05, 4.69) is 5.32 Å². The number of anilines is 1. The topological polar surface area (TPSA) is 67.8 Å². The molecular formula is C14H19NO4. The monoisotopic (exact) mass is 265 g/mol. The van der Waals surface area contributed by atoms with Gasteiger partial charge in [-0.05, 0) is 38.0 Å². The maximum atomic E-state index is 11.9. The van der Waals surface area contributed by atoms with Crippen LogP contribution in [0.25, 0.3) is 0 Å². The fraction of sp³-hybridized carbons (Fsp3) is 0.500.